The van der Waals surface area contributed by atoms with E-state index in [0.29, 0.717) is 21.7 Å². The Bertz CT molecular complexity index is 1490. The third-order valence-corrected chi connectivity index (χ3v) is 10.4. The molecule has 0 fully saturated rings. The first-order chi connectivity index (χ1) is 17.5. The minimum absolute atomic E-state index is 0. The molecule has 1 aliphatic rings. The third kappa shape index (κ3) is 4.71. The molecule has 0 amide bonds. The Labute approximate surface area is 246 Å². The highest BCUT2D eigenvalue weighted by atomic mass is 35.5. The van der Waals surface area contributed by atoms with Crippen molar-refractivity contribution in [2.75, 3.05) is 7.11 Å². The molecule has 200 valence electrons. The summed E-state index contributed by atoms with van der Waals surface area (Å²) in [6.07, 6.45) is 1.97. The molecule has 1 aliphatic carbocycles. The lowest BCUT2D eigenvalue weighted by Crippen LogP contribution is -3.00. The van der Waals surface area contributed by atoms with Gasteiger partial charge in [0.1, 0.15) is 17.0 Å². The van der Waals surface area contributed by atoms with E-state index in [-0.39, 0.29) is 18.2 Å². The normalized spacial score (nSPS) is 15.4. The number of imidazole rings is 1. The molecule has 0 atom stereocenters. The lowest BCUT2D eigenvalue weighted by atomic mass is 9.80. The van der Waals surface area contributed by atoms with Crippen molar-refractivity contribution < 1.29 is 26.5 Å². The summed E-state index contributed by atoms with van der Waals surface area (Å²) in [6, 6.07) is 11.6. The van der Waals surface area contributed by atoms with Gasteiger partial charge in [0, 0.05) is 22.5 Å². The quantitative estimate of drug-likeness (QED) is 0.257. The number of benzene rings is 2. The van der Waals surface area contributed by atoms with Crippen LogP contribution in [0.3, 0.4) is 0 Å². The minimum Gasteiger partial charge on any atom is -1.00 e. The van der Waals surface area contributed by atoms with Gasteiger partial charge in [-0.3, -0.25) is 4.79 Å². The van der Waals surface area contributed by atoms with E-state index >= 15 is 0 Å². The molecule has 5 rings (SSSR count). The summed E-state index contributed by atoms with van der Waals surface area (Å²) in [7, 11) is 4.87. The molecular formula is C28H28Cl3N3O2S2. The molecule has 1 N–H and O–H groups in total. The monoisotopic (exact) mass is 607 g/mol. The van der Waals surface area contributed by atoms with Crippen LogP contribution in [-0.2, 0) is 21.4 Å². The summed E-state index contributed by atoms with van der Waals surface area (Å²) >= 11 is 12.7. The number of aromatic amines is 1. The molecule has 2 heterocycles. The van der Waals surface area contributed by atoms with E-state index < -0.39 is 10.8 Å². The number of nitrogens with zero attached hydrogens (tertiary/aromatic N) is 2. The molecule has 0 bridgehead atoms. The molecule has 0 aliphatic heterocycles. The number of ether oxygens (including phenoxy) is 1. The SMILES string of the molecule is COc1cc[n+](-c2nc3cc4c(cc3[nH]2)C(C)(C)C(=O)C4(C)C)c(CSSc2c(Cl)cccc2Cl)c1C.[Cl-]. The molecule has 4 aromatic rings. The second kappa shape index (κ2) is 10.6. The topological polar surface area (TPSA) is 58.9 Å². The standard InChI is InChI=1S/C28H28Cl2N3O2S2.ClH/c1-15-22(14-36-37-24-18(29)8-7-9-19(24)30)33(11-10-23(15)35-6)26-31-20-12-16-17(13-21(20)32-26)28(4,5)25(34)27(16,2)3;/h7-13H,14H2,1-6H3,(H,31,32);1H/q+1;/p-1. The number of pyridine rings is 1. The van der Waals surface area contributed by atoms with Crippen molar-refractivity contribution in [3.8, 4) is 11.7 Å². The average molecular weight is 609 g/mol. The van der Waals surface area contributed by atoms with Gasteiger partial charge in [0.05, 0.1) is 34.0 Å². The maximum absolute atomic E-state index is 13.1. The Kier molecular flexibility index (Phi) is 8.10. The predicted molar refractivity (Wildman–Crippen MR) is 154 cm³/mol. The van der Waals surface area contributed by atoms with Crippen LogP contribution in [0.25, 0.3) is 17.0 Å². The first-order valence-electron chi connectivity index (χ1n) is 11.9. The highest BCUT2D eigenvalue weighted by molar-refractivity contribution is 8.76. The van der Waals surface area contributed by atoms with Crippen LogP contribution in [-0.4, -0.2) is 22.9 Å². The number of carbonyl (C=O) groups excluding carboxylic acids is 1. The van der Waals surface area contributed by atoms with Crippen LogP contribution in [0.5, 0.6) is 5.75 Å². The third-order valence-electron chi connectivity index (χ3n) is 7.26. The first-order valence-corrected chi connectivity index (χ1v) is 15.0. The number of aromatic nitrogens is 3. The molecule has 2 aromatic heterocycles. The minimum atomic E-state index is -0.547. The largest absolute Gasteiger partial charge is 1.00 e. The Hall–Kier alpha value is -1.90. The van der Waals surface area contributed by atoms with E-state index in [4.69, 9.17) is 32.9 Å². The Morgan fingerprint density at radius 2 is 1.68 bits per heavy atom. The van der Waals surface area contributed by atoms with Crippen molar-refractivity contribution in [1.29, 1.82) is 0 Å². The van der Waals surface area contributed by atoms with Gasteiger partial charge in [-0.15, -0.1) is 0 Å². The smallest absolute Gasteiger partial charge is 0.402 e. The molecule has 0 unspecified atom stereocenters. The van der Waals surface area contributed by atoms with Crippen molar-refractivity contribution in [1.82, 2.24) is 9.97 Å². The average Bonchev–Trinajstić information content (AvgIpc) is 3.32. The Balaban J connectivity index is 0.00000336. The summed E-state index contributed by atoms with van der Waals surface area (Å²) in [5, 5.41) is 1.27. The van der Waals surface area contributed by atoms with Crippen LogP contribution in [0.15, 0.2) is 47.5 Å². The number of methoxy groups -OCH3 is 1. The predicted octanol–water partition coefficient (Wildman–Crippen LogP) is 4.55. The van der Waals surface area contributed by atoms with Crippen LogP contribution in [0.2, 0.25) is 10.0 Å². The number of ketones is 1. The van der Waals surface area contributed by atoms with Crippen molar-refractivity contribution in [2.45, 2.75) is 56.1 Å². The van der Waals surface area contributed by atoms with Gasteiger partial charge in [0.15, 0.2) is 11.3 Å². The number of nitrogens with one attached hydrogen (secondary N) is 1. The lowest BCUT2D eigenvalue weighted by molar-refractivity contribution is -0.610. The fraction of sp³-hybridized carbons (Fsp3) is 0.321. The van der Waals surface area contributed by atoms with Crippen LogP contribution < -0.4 is 21.7 Å². The van der Waals surface area contributed by atoms with Crippen molar-refractivity contribution in [3.63, 3.8) is 0 Å². The van der Waals surface area contributed by atoms with Gasteiger partial charge >= 0.3 is 5.95 Å². The fourth-order valence-electron chi connectivity index (χ4n) is 5.20. The summed E-state index contributed by atoms with van der Waals surface area (Å²) in [4.78, 5) is 22.4. The number of rotatable bonds is 6. The molecule has 5 nitrogen and oxygen atoms in total. The molecular weight excluding hydrogens is 581 g/mol. The van der Waals surface area contributed by atoms with Gasteiger partial charge in [-0.05, 0) is 70.0 Å². The number of halogens is 3. The van der Waals surface area contributed by atoms with Gasteiger partial charge in [-0.1, -0.05) is 55.8 Å². The van der Waals surface area contributed by atoms with E-state index in [1.165, 1.54) is 0 Å². The number of hydrogen-bond donors (Lipinski definition) is 1. The van der Waals surface area contributed by atoms with Crippen LogP contribution in [0, 0.1) is 6.92 Å². The number of hydrogen-bond acceptors (Lipinski definition) is 5. The maximum atomic E-state index is 13.1. The zero-order valence-electron chi connectivity index (χ0n) is 21.9. The van der Waals surface area contributed by atoms with Crippen molar-refractivity contribution >= 4 is 61.6 Å². The summed E-state index contributed by atoms with van der Waals surface area (Å²) < 4.78 is 7.68. The van der Waals surface area contributed by atoms with E-state index in [1.807, 2.05) is 65.1 Å². The highest BCUT2D eigenvalue weighted by Gasteiger charge is 2.50. The molecule has 0 saturated carbocycles. The highest BCUT2D eigenvalue weighted by Crippen LogP contribution is 2.47. The van der Waals surface area contributed by atoms with E-state index in [2.05, 4.69) is 21.7 Å². The van der Waals surface area contributed by atoms with Gasteiger partial charge in [0.2, 0.25) is 0 Å². The van der Waals surface area contributed by atoms with E-state index in [9.17, 15) is 4.79 Å². The molecule has 38 heavy (non-hydrogen) atoms. The van der Waals surface area contributed by atoms with Crippen LogP contribution in [0.1, 0.15) is 50.1 Å². The first kappa shape index (κ1) is 29.1. The van der Waals surface area contributed by atoms with E-state index in [0.717, 1.165) is 44.1 Å². The second-order valence-electron chi connectivity index (χ2n) is 10.3. The summed E-state index contributed by atoms with van der Waals surface area (Å²) in [6.45, 7) is 10.1. The van der Waals surface area contributed by atoms with Gasteiger partial charge in [-0.25, -0.2) is 9.55 Å². The zero-order chi connectivity index (χ0) is 26.7. The summed E-state index contributed by atoms with van der Waals surface area (Å²) in [5.74, 6) is 2.42. The molecule has 0 spiro atoms. The summed E-state index contributed by atoms with van der Waals surface area (Å²) in [5.41, 5.74) is 4.84. The maximum Gasteiger partial charge on any atom is 0.402 e. The van der Waals surface area contributed by atoms with Gasteiger partial charge in [0.25, 0.3) is 0 Å². The molecule has 0 saturated heterocycles. The van der Waals surface area contributed by atoms with Crippen LogP contribution in [0.4, 0.5) is 0 Å². The number of carbonyl (C=O) groups is 1. The van der Waals surface area contributed by atoms with E-state index in [1.54, 1.807) is 28.7 Å². The number of fused-ring (bicyclic) bond motifs is 2. The number of Topliss-reactive ketones (excluding diaryl/α,β-unsaturated/α-hetero) is 1. The van der Waals surface area contributed by atoms with Crippen LogP contribution >= 0.6 is 44.8 Å². The van der Waals surface area contributed by atoms with Crippen molar-refractivity contribution in [3.05, 3.63) is 75.0 Å². The second-order valence-corrected chi connectivity index (χ2v) is 13.4. The Morgan fingerprint density at radius 1 is 1.05 bits per heavy atom. The molecule has 10 heteroatoms. The zero-order valence-corrected chi connectivity index (χ0v) is 25.8. The molecule has 2 aromatic carbocycles. The fourth-order valence-corrected chi connectivity index (χ4v) is 8.45. The molecule has 0 radical (unpaired) electrons. The lowest BCUT2D eigenvalue weighted by Gasteiger charge is -2.21. The van der Waals surface area contributed by atoms with Gasteiger partial charge in [-0.2, -0.15) is 0 Å². The Morgan fingerprint density at radius 3 is 2.32 bits per heavy atom. The number of H-pyrrole nitrogens is 1. The van der Waals surface area contributed by atoms with Gasteiger partial charge < -0.3 is 17.1 Å². The van der Waals surface area contributed by atoms with Crippen molar-refractivity contribution in [2.24, 2.45) is 0 Å².